The van der Waals surface area contributed by atoms with Crippen LogP contribution in [0.2, 0.25) is 0 Å². The molecule has 3 rings (SSSR count). The third kappa shape index (κ3) is 2.72. The summed E-state index contributed by atoms with van der Waals surface area (Å²) in [5.41, 5.74) is 13.0. The van der Waals surface area contributed by atoms with Crippen LogP contribution >= 0.6 is 15.9 Å². The summed E-state index contributed by atoms with van der Waals surface area (Å²) in [6.45, 7) is 3.45. The van der Waals surface area contributed by atoms with Crippen molar-refractivity contribution in [3.63, 3.8) is 0 Å². The summed E-state index contributed by atoms with van der Waals surface area (Å²) in [5.74, 6) is -0.991. The maximum absolute atomic E-state index is 12.2. The van der Waals surface area contributed by atoms with E-state index in [0.29, 0.717) is 0 Å². The number of aromatic amines is 1. The fraction of sp³-hybridized carbons (Fsp3) is 0.667. The molecule has 2 aliphatic rings. The molecule has 0 aliphatic carbocycles. The van der Waals surface area contributed by atoms with E-state index in [1.165, 1.54) is 0 Å². The van der Waals surface area contributed by atoms with Gasteiger partial charge in [0.15, 0.2) is 12.0 Å². The van der Waals surface area contributed by atoms with Crippen LogP contribution in [-0.4, -0.2) is 40.2 Å². The Balaban J connectivity index is 2.05. The molecule has 1 aromatic rings. The van der Waals surface area contributed by atoms with Crippen LogP contribution in [0.1, 0.15) is 20.1 Å². The van der Waals surface area contributed by atoms with Crippen LogP contribution in [0, 0.1) is 0 Å². The van der Waals surface area contributed by atoms with E-state index >= 15 is 0 Å². The number of aromatic nitrogens is 2. The van der Waals surface area contributed by atoms with Crippen molar-refractivity contribution in [2.24, 2.45) is 5.11 Å². The van der Waals surface area contributed by atoms with Crippen molar-refractivity contribution < 1.29 is 14.2 Å². The summed E-state index contributed by atoms with van der Waals surface area (Å²) in [7, 11) is 0. The van der Waals surface area contributed by atoms with Crippen molar-refractivity contribution in [2.45, 2.75) is 44.2 Å². The maximum Gasteiger partial charge on any atom is 0.332 e. The number of hydrogen-bond acceptors (Lipinski definition) is 7. The summed E-state index contributed by atoms with van der Waals surface area (Å²) in [6, 6.07) is 0. The minimum atomic E-state index is -0.934. The molecule has 3 heterocycles. The number of azide groups is 1. The Kier molecular flexibility index (Phi) is 4.18. The van der Waals surface area contributed by atoms with E-state index in [9.17, 15) is 9.59 Å². The Labute approximate surface area is 143 Å². The van der Waals surface area contributed by atoms with Crippen molar-refractivity contribution in [2.75, 3.05) is 12.3 Å². The second kappa shape index (κ2) is 5.90. The Morgan fingerprint density at radius 3 is 2.75 bits per heavy atom. The van der Waals surface area contributed by atoms with Gasteiger partial charge in [0.1, 0.15) is 22.5 Å². The van der Waals surface area contributed by atoms with E-state index in [1.807, 2.05) is 0 Å². The fourth-order valence-corrected chi connectivity index (χ4v) is 3.22. The van der Waals surface area contributed by atoms with E-state index in [-0.39, 0.29) is 16.8 Å². The number of halogens is 1. The van der Waals surface area contributed by atoms with Gasteiger partial charge in [0.2, 0.25) is 0 Å². The van der Waals surface area contributed by atoms with Gasteiger partial charge in [0.25, 0.3) is 5.56 Å². The maximum atomic E-state index is 12.2. The molecule has 12 heteroatoms. The smallest absolute Gasteiger partial charge is 0.332 e. The van der Waals surface area contributed by atoms with Gasteiger partial charge in [-0.3, -0.25) is 9.78 Å². The highest BCUT2D eigenvalue weighted by molar-refractivity contribution is 9.10. The second-order valence-electron chi connectivity index (χ2n) is 5.87. The highest BCUT2D eigenvalue weighted by Crippen LogP contribution is 2.43. The summed E-state index contributed by atoms with van der Waals surface area (Å²) >= 11 is 3.04. The van der Waals surface area contributed by atoms with Crippen LogP contribution in [0.4, 0.5) is 5.82 Å². The van der Waals surface area contributed by atoms with Crippen LogP contribution < -0.4 is 17.0 Å². The summed E-state index contributed by atoms with van der Waals surface area (Å²) in [6.07, 6.45) is -2.75. The number of fused-ring (bicyclic) bond motifs is 1. The molecule has 0 saturated carbocycles. The van der Waals surface area contributed by atoms with Crippen molar-refractivity contribution in [3.8, 4) is 0 Å². The van der Waals surface area contributed by atoms with Crippen LogP contribution in [0.15, 0.2) is 19.2 Å². The minimum absolute atomic E-state index is 0.00673. The molecular weight excluding hydrogens is 388 g/mol. The number of ether oxygens (including phenoxy) is 3. The molecule has 130 valence electrons. The third-order valence-corrected chi connectivity index (χ3v) is 4.59. The van der Waals surface area contributed by atoms with Crippen LogP contribution in [0.25, 0.3) is 10.4 Å². The lowest BCUT2D eigenvalue weighted by Crippen LogP contribution is -2.39. The number of nitrogens with zero attached hydrogens (tertiary/aromatic N) is 4. The number of nitrogens with two attached hydrogens (primary N) is 1. The standard InChI is InChI=1S/C12H15BrN6O5/c1-12(2)23-6-4(3-16-18-15)22-10(7(6)24-12)19-8(14)5(13)9(20)17-11(19)21/h4,6-7,10H,3,14H2,1-2H3,(H,17,20,21). The number of nitrogen functional groups attached to an aromatic ring is 1. The van der Waals surface area contributed by atoms with Crippen molar-refractivity contribution in [3.05, 3.63) is 35.8 Å². The highest BCUT2D eigenvalue weighted by Gasteiger charge is 2.56. The Hall–Kier alpha value is -1.85. The lowest BCUT2D eigenvalue weighted by atomic mass is 10.1. The first kappa shape index (κ1) is 17.0. The van der Waals surface area contributed by atoms with Gasteiger partial charge >= 0.3 is 5.69 Å². The Morgan fingerprint density at radius 2 is 2.08 bits per heavy atom. The van der Waals surface area contributed by atoms with Gasteiger partial charge in [-0.25, -0.2) is 9.36 Å². The number of hydrogen-bond donors (Lipinski definition) is 2. The zero-order valence-electron chi connectivity index (χ0n) is 12.8. The molecule has 0 amide bonds. The first-order chi connectivity index (χ1) is 11.2. The van der Waals surface area contributed by atoms with Gasteiger partial charge in [0, 0.05) is 4.91 Å². The third-order valence-electron chi connectivity index (χ3n) is 3.83. The molecule has 4 atom stereocenters. The molecule has 2 fully saturated rings. The largest absolute Gasteiger partial charge is 0.384 e. The average Bonchev–Trinajstić information content (AvgIpc) is 2.97. The summed E-state index contributed by atoms with van der Waals surface area (Å²) in [4.78, 5) is 28.7. The molecule has 2 aliphatic heterocycles. The quantitative estimate of drug-likeness (QED) is 0.428. The molecule has 0 spiro atoms. The van der Waals surface area contributed by atoms with Crippen molar-refractivity contribution >= 4 is 21.7 Å². The molecule has 11 nitrogen and oxygen atoms in total. The van der Waals surface area contributed by atoms with Gasteiger partial charge in [-0.1, -0.05) is 5.11 Å². The zero-order valence-corrected chi connectivity index (χ0v) is 14.4. The fourth-order valence-electron chi connectivity index (χ4n) is 2.93. The molecule has 2 saturated heterocycles. The topological polar surface area (TPSA) is 157 Å². The number of nitrogens with one attached hydrogen (secondary N) is 1. The molecule has 0 bridgehead atoms. The molecule has 0 radical (unpaired) electrons. The zero-order chi connectivity index (χ0) is 17.6. The van der Waals surface area contributed by atoms with E-state index < -0.39 is 41.6 Å². The van der Waals surface area contributed by atoms with Crippen molar-refractivity contribution in [1.82, 2.24) is 9.55 Å². The predicted octanol–water partition coefficient (Wildman–Crippen LogP) is 0.609. The lowest BCUT2D eigenvalue weighted by Gasteiger charge is -2.25. The van der Waals surface area contributed by atoms with Gasteiger partial charge in [-0.05, 0) is 35.3 Å². The second-order valence-corrected chi connectivity index (χ2v) is 6.66. The van der Waals surface area contributed by atoms with Gasteiger partial charge < -0.3 is 19.9 Å². The molecule has 0 aromatic carbocycles. The number of H-pyrrole nitrogens is 1. The Bertz CT molecular complexity index is 828. The average molecular weight is 403 g/mol. The molecule has 3 N–H and O–H groups in total. The Morgan fingerprint density at radius 1 is 1.42 bits per heavy atom. The molecule has 1 aromatic heterocycles. The summed E-state index contributed by atoms with van der Waals surface area (Å²) in [5, 5.41) is 3.50. The SMILES string of the molecule is CC1(C)OC2C(CN=[N+]=[N-])OC(n3c(N)c(Br)c(=O)[nH]c3=O)C2O1. The minimum Gasteiger partial charge on any atom is -0.384 e. The lowest BCUT2D eigenvalue weighted by molar-refractivity contribution is -0.195. The van der Waals surface area contributed by atoms with Gasteiger partial charge in [-0.15, -0.1) is 0 Å². The normalized spacial score (nSPS) is 30.8. The number of anilines is 1. The molecule has 24 heavy (non-hydrogen) atoms. The van der Waals surface area contributed by atoms with Gasteiger partial charge in [0.05, 0.1) is 12.6 Å². The van der Waals surface area contributed by atoms with Gasteiger partial charge in [-0.2, -0.15) is 0 Å². The van der Waals surface area contributed by atoms with Crippen LogP contribution in [-0.2, 0) is 14.2 Å². The summed E-state index contributed by atoms with van der Waals surface area (Å²) < 4.78 is 18.5. The van der Waals surface area contributed by atoms with E-state index in [1.54, 1.807) is 13.8 Å². The predicted molar refractivity (Wildman–Crippen MR) is 85.2 cm³/mol. The monoisotopic (exact) mass is 402 g/mol. The molecular formula is C12H15BrN6O5. The van der Waals surface area contributed by atoms with E-state index in [0.717, 1.165) is 4.57 Å². The highest BCUT2D eigenvalue weighted by atomic mass is 79.9. The van der Waals surface area contributed by atoms with Crippen LogP contribution in [0.3, 0.4) is 0 Å². The molecule has 4 unspecified atom stereocenters. The van der Waals surface area contributed by atoms with Crippen molar-refractivity contribution in [1.29, 1.82) is 0 Å². The van der Waals surface area contributed by atoms with E-state index in [4.69, 9.17) is 25.5 Å². The van der Waals surface area contributed by atoms with Crippen LogP contribution in [0.5, 0.6) is 0 Å². The number of rotatable bonds is 3. The first-order valence-electron chi connectivity index (χ1n) is 7.07. The first-order valence-corrected chi connectivity index (χ1v) is 7.86. The van der Waals surface area contributed by atoms with E-state index in [2.05, 4.69) is 30.9 Å².